The Morgan fingerprint density at radius 2 is 1.86 bits per heavy atom. The van der Waals surface area contributed by atoms with Crippen molar-refractivity contribution in [1.82, 2.24) is 0 Å². The number of nitro groups is 1. The molecule has 0 fully saturated rings. The van der Waals surface area contributed by atoms with Gasteiger partial charge in [-0.05, 0) is 0 Å². The number of nitrogens with zero attached hydrogens (tertiary/aromatic N) is 1. The molecule has 76 valence electrons. The van der Waals surface area contributed by atoms with Crippen molar-refractivity contribution >= 4 is 19.4 Å². The molecule has 0 saturated heterocycles. The van der Waals surface area contributed by atoms with Crippen molar-refractivity contribution in [3.63, 3.8) is 0 Å². The Hall–Kier alpha value is -0.861. The molecule has 2 atom stereocenters. The van der Waals surface area contributed by atoms with E-state index < -0.39 is 6.04 Å². The molecule has 0 aliphatic heterocycles. The Balaban J connectivity index is 2.57. The van der Waals surface area contributed by atoms with Crippen molar-refractivity contribution in [1.29, 1.82) is 0 Å². The Morgan fingerprint density at radius 1 is 1.29 bits per heavy atom. The molecule has 0 aliphatic carbocycles. The van der Waals surface area contributed by atoms with Gasteiger partial charge in [-0.3, -0.25) is 0 Å². The second-order valence-corrected chi connectivity index (χ2v) is 6.21. The summed E-state index contributed by atoms with van der Waals surface area (Å²) in [6.45, 7) is 3.62. The average Bonchev–Trinajstić information content (AvgIpc) is 2.18. The molecule has 0 heterocycles. The summed E-state index contributed by atoms with van der Waals surface area (Å²) in [5, 5.41) is 10.5. The van der Waals surface area contributed by atoms with E-state index >= 15 is 0 Å². The minimum atomic E-state index is -0.449. The fraction of sp³-hybridized carbons (Fsp3) is 0.400. The van der Waals surface area contributed by atoms with Crippen LogP contribution in [0.5, 0.6) is 0 Å². The fourth-order valence-corrected chi connectivity index (χ4v) is 3.17. The zero-order valence-corrected chi connectivity index (χ0v) is 9.93. The molecule has 0 spiro atoms. The van der Waals surface area contributed by atoms with Crippen LogP contribution in [0, 0.1) is 10.1 Å². The first-order valence-electron chi connectivity index (χ1n) is 4.46. The van der Waals surface area contributed by atoms with Crippen LogP contribution in [0.1, 0.15) is 13.8 Å². The molecule has 1 rings (SSSR count). The van der Waals surface area contributed by atoms with Crippen molar-refractivity contribution in [2.75, 3.05) is 0 Å². The van der Waals surface area contributed by atoms with E-state index in [4.69, 9.17) is 0 Å². The monoisotopic (exact) mass is 259 g/mol. The van der Waals surface area contributed by atoms with E-state index in [1.807, 2.05) is 37.3 Å². The van der Waals surface area contributed by atoms with Crippen LogP contribution in [0.25, 0.3) is 0 Å². The van der Waals surface area contributed by atoms with Gasteiger partial charge < -0.3 is 0 Å². The maximum atomic E-state index is 10.5. The van der Waals surface area contributed by atoms with Gasteiger partial charge in [0.05, 0.1) is 0 Å². The summed E-state index contributed by atoms with van der Waals surface area (Å²) >= 11 is 0.188. The van der Waals surface area contributed by atoms with E-state index in [-0.39, 0.29) is 24.7 Å². The molecule has 4 heteroatoms. The van der Waals surface area contributed by atoms with E-state index in [1.54, 1.807) is 6.92 Å². The quantitative estimate of drug-likeness (QED) is 0.466. The normalized spacial score (nSPS) is 14.7. The number of rotatable bonds is 4. The van der Waals surface area contributed by atoms with Gasteiger partial charge in [-0.25, -0.2) is 0 Å². The van der Waals surface area contributed by atoms with Gasteiger partial charge in [0.1, 0.15) is 0 Å². The van der Waals surface area contributed by atoms with Crippen LogP contribution in [0.2, 0.25) is 4.82 Å². The summed E-state index contributed by atoms with van der Waals surface area (Å²) in [6, 6.07) is 9.52. The van der Waals surface area contributed by atoms with Crippen LogP contribution in [0.4, 0.5) is 0 Å². The first-order valence-corrected chi connectivity index (χ1v) is 6.31. The zero-order chi connectivity index (χ0) is 10.6. The van der Waals surface area contributed by atoms with Crippen molar-refractivity contribution in [3.05, 3.63) is 40.4 Å². The minimum absolute atomic E-state index is 0.139. The maximum absolute atomic E-state index is 10.5. The third-order valence-corrected chi connectivity index (χ3v) is 4.83. The molecule has 0 aliphatic rings. The Bertz CT molecular complexity index is 302. The van der Waals surface area contributed by atoms with E-state index in [2.05, 4.69) is 0 Å². The molecule has 1 aromatic carbocycles. The molecule has 0 amide bonds. The Kier molecular flexibility index (Phi) is 4.11. The molecule has 14 heavy (non-hydrogen) atoms. The third-order valence-electron chi connectivity index (χ3n) is 2.08. The van der Waals surface area contributed by atoms with Crippen LogP contribution < -0.4 is 4.46 Å². The van der Waals surface area contributed by atoms with Crippen LogP contribution in [0.15, 0.2) is 30.3 Å². The summed E-state index contributed by atoms with van der Waals surface area (Å²) in [6.07, 6.45) is 0. The molecule has 1 aromatic rings. The Morgan fingerprint density at radius 3 is 2.36 bits per heavy atom. The van der Waals surface area contributed by atoms with E-state index in [9.17, 15) is 10.1 Å². The number of benzene rings is 1. The summed E-state index contributed by atoms with van der Waals surface area (Å²) in [4.78, 5) is 10.5. The van der Waals surface area contributed by atoms with Crippen LogP contribution in [0.3, 0.4) is 0 Å². The molecular formula is C10H13NO2Se. The zero-order valence-electron chi connectivity index (χ0n) is 8.21. The Labute approximate surface area is 89.8 Å². The molecule has 3 nitrogen and oxygen atoms in total. The fourth-order valence-electron chi connectivity index (χ4n) is 0.984. The SMILES string of the molecule is CC([Se]c1ccccc1)C(C)[N+](=O)[O-]. The predicted octanol–water partition coefficient (Wildman–Crippen LogP) is 1.49. The second kappa shape index (κ2) is 5.13. The van der Waals surface area contributed by atoms with Gasteiger partial charge in [-0.2, -0.15) is 0 Å². The van der Waals surface area contributed by atoms with Gasteiger partial charge in [0.15, 0.2) is 0 Å². The molecular weight excluding hydrogens is 245 g/mol. The summed E-state index contributed by atoms with van der Waals surface area (Å²) in [7, 11) is 0. The number of hydrogen-bond donors (Lipinski definition) is 0. The molecule has 2 unspecified atom stereocenters. The van der Waals surface area contributed by atoms with Gasteiger partial charge >= 0.3 is 89.5 Å². The molecule has 0 N–H and O–H groups in total. The van der Waals surface area contributed by atoms with Crippen molar-refractivity contribution in [2.45, 2.75) is 24.7 Å². The van der Waals surface area contributed by atoms with Crippen LogP contribution in [-0.4, -0.2) is 25.9 Å². The van der Waals surface area contributed by atoms with Gasteiger partial charge in [0.25, 0.3) is 0 Å². The summed E-state index contributed by atoms with van der Waals surface area (Å²) < 4.78 is 1.22. The first-order chi connectivity index (χ1) is 6.61. The van der Waals surface area contributed by atoms with Crippen molar-refractivity contribution in [3.8, 4) is 0 Å². The standard InChI is InChI=1S/C10H13NO2Se/c1-8(11(12)13)9(2)14-10-6-4-3-5-7-10/h3-9H,1-2H3. The van der Waals surface area contributed by atoms with Crippen LogP contribution in [-0.2, 0) is 0 Å². The van der Waals surface area contributed by atoms with Gasteiger partial charge in [-0.1, -0.05) is 0 Å². The van der Waals surface area contributed by atoms with Gasteiger partial charge in [0.2, 0.25) is 0 Å². The first kappa shape index (κ1) is 11.2. The molecule has 0 radical (unpaired) electrons. The van der Waals surface area contributed by atoms with Gasteiger partial charge in [0, 0.05) is 0 Å². The van der Waals surface area contributed by atoms with E-state index in [1.165, 1.54) is 4.46 Å². The average molecular weight is 258 g/mol. The molecule has 0 aromatic heterocycles. The predicted molar refractivity (Wildman–Crippen MR) is 57.7 cm³/mol. The van der Waals surface area contributed by atoms with Gasteiger partial charge in [-0.15, -0.1) is 0 Å². The third kappa shape index (κ3) is 3.13. The van der Waals surface area contributed by atoms with E-state index in [0.717, 1.165) is 0 Å². The summed E-state index contributed by atoms with van der Waals surface area (Å²) in [5.41, 5.74) is 0. The summed E-state index contributed by atoms with van der Waals surface area (Å²) in [5.74, 6) is 0. The number of hydrogen-bond acceptors (Lipinski definition) is 2. The molecule has 0 saturated carbocycles. The van der Waals surface area contributed by atoms with E-state index in [0.29, 0.717) is 0 Å². The topological polar surface area (TPSA) is 43.1 Å². The second-order valence-electron chi connectivity index (χ2n) is 3.16. The molecule has 0 bridgehead atoms. The van der Waals surface area contributed by atoms with Crippen LogP contribution >= 0.6 is 0 Å². The van der Waals surface area contributed by atoms with Crippen molar-refractivity contribution in [2.24, 2.45) is 0 Å². The van der Waals surface area contributed by atoms with Crippen molar-refractivity contribution < 1.29 is 4.92 Å².